The monoisotopic (exact) mass is 301 g/mol. The lowest BCUT2D eigenvalue weighted by molar-refractivity contribution is 0.419. The quantitative estimate of drug-likeness (QED) is 0.678. The van der Waals surface area contributed by atoms with E-state index in [9.17, 15) is 4.39 Å². The van der Waals surface area contributed by atoms with Gasteiger partial charge in [-0.25, -0.2) is 4.39 Å². The minimum Gasteiger partial charge on any atom is -0.342 e. The van der Waals surface area contributed by atoms with Crippen LogP contribution in [0.15, 0.2) is 58.4 Å². The molecule has 0 amide bonds. The standard InChI is InChI=1S/C15H9ClFN3O/c16-13-5-2-6-14(17)12(13)8-18-11-4-1-3-10(7-11)15-19-9-21-20-15/h1-9H. The van der Waals surface area contributed by atoms with E-state index in [0.717, 1.165) is 5.56 Å². The fourth-order valence-corrected chi connectivity index (χ4v) is 2.01. The van der Waals surface area contributed by atoms with Crippen molar-refractivity contribution in [3.63, 3.8) is 0 Å². The first-order valence-corrected chi connectivity index (χ1v) is 6.47. The molecule has 0 fully saturated rings. The molecule has 6 heteroatoms. The molecule has 0 N–H and O–H groups in total. The van der Waals surface area contributed by atoms with Crippen molar-refractivity contribution in [3.8, 4) is 11.4 Å². The summed E-state index contributed by atoms with van der Waals surface area (Å²) < 4.78 is 18.4. The smallest absolute Gasteiger partial charge is 0.214 e. The normalized spacial score (nSPS) is 11.1. The van der Waals surface area contributed by atoms with Crippen molar-refractivity contribution in [2.45, 2.75) is 0 Å². The molecule has 0 saturated carbocycles. The van der Waals surface area contributed by atoms with E-state index in [1.807, 2.05) is 6.07 Å². The maximum atomic E-state index is 13.6. The zero-order valence-electron chi connectivity index (χ0n) is 10.7. The van der Waals surface area contributed by atoms with E-state index in [0.29, 0.717) is 16.5 Å². The van der Waals surface area contributed by atoms with Crippen molar-refractivity contribution in [2.75, 3.05) is 0 Å². The van der Waals surface area contributed by atoms with Crippen LogP contribution < -0.4 is 0 Å². The van der Waals surface area contributed by atoms with Gasteiger partial charge in [0.05, 0.1) is 10.7 Å². The molecule has 21 heavy (non-hydrogen) atoms. The largest absolute Gasteiger partial charge is 0.342 e. The topological polar surface area (TPSA) is 51.3 Å². The summed E-state index contributed by atoms with van der Waals surface area (Å²) in [6.07, 6.45) is 2.65. The Morgan fingerprint density at radius 3 is 2.81 bits per heavy atom. The number of benzene rings is 2. The molecule has 104 valence electrons. The molecular formula is C15H9ClFN3O. The van der Waals surface area contributed by atoms with Gasteiger partial charge in [-0.15, -0.1) is 0 Å². The van der Waals surface area contributed by atoms with E-state index in [1.165, 1.54) is 18.7 Å². The number of hydrogen-bond acceptors (Lipinski definition) is 4. The Labute approximate surface area is 124 Å². The van der Waals surface area contributed by atoms with Gasteiger partial charge >= 0.3 is 0 Å². The molecular weight excluding hydrogens is 293 g/mol. The van der Waals surface area contributed by atoms with Gasteiger partial charge in [0.25, 0.3) is 0 Å². The van der Waals surface area contributed by atoms with Crippen LogP contribution in [0.4, 0.5) is 10.1 Å². The highest BCUT2D eigenvalue weighted by Gasteiger charge is 2.05. The molecule has 0 aliphatic heterocycles. The van der Waals surface area contributed by atoms with Crippen molar-refractivity contribution < 1.29 is 8.91 Å². The molecule has 3 rings (SSSR count). The SMILES string of the molecule is Fc1cccc(Cl)c1C=Nc1cccc(-c2ncon2)c1. The van der Waals surface area contributed by atoms with Crippen molar-refractivity contribution in [3.05, 3.63) is 65.3 Å². The fourth-order valence-electron chi connectivity index (χ4n) is 1.80. The molecule has 1 aromatic heterocycles. The molecule has 0 saturated heterocycles. The number of nitrogens with zero attached hydrogens (tertiary/aromatic N) is 3. The molecule has 0 bridgehead atoms. The molecule has 3 aromatic rings. The summed E-state index contributed by atoms with van der Waals surface area (Å²) in [6, 6.07) is 11.7. The molecule has 0 aliphatic carbocycles. The first kappa shape index (κ1) is 13.5. The van der Waals surface area contributed by atoms with Gasteiger partial charge in [0.15, 0.2) is 0 Å². The second-order valence-corrected chi connectivity index (χ2v) is 4.61. The van der Waals surface area contributed by atoms with Gasteiger partial charge in [0, 0.05) is 17.3 Å². The van der Waals surface area contributed by atoms with E-state index < -0.39 is 5.82 Å². The lowest BCUT2D eigenvalue weighted by Crippen LogP contribution is -1.89. The third-order valence-corrected chi connectivity index (χ3v) is 3.14. The third kappa shape index (κ3) is 2.98. The van der Waals surface area contributed by atoms with Crippen molar-refractivity contribution in [1.82, 2.24) is 10.1 Å². The van der Waals surface area contributed by atoms with Crippen LogP contribution in [0, 0.1) is 5.82 Å². The van der Waals surface area contributed by atoms with Crippen LogP contribution in [-0.4, -0.2) is 16.4 Å². The van der Waals surface area contributed by atoms with E-state index in [4.69, 9.17) is 16.1 Å². The van der Waals surface area contributed by atoms with Crippen LogP contribution in [-0.2, 0) is 0 Å². The van der Waals surface area contributed by atoms with Gasteiger partial charge in [-0.05, 0) is 24.3 Å². The van der Waals surface area contributed by atoms with Gasteiger partial charge in [0.1, 0.15) is 5.82 Å². The molecule has 4 nitrogen and oxygen atoms in total. The lowest BCUT2D eigenvalue weighted by Gasteiger charge is -2.00. The predicted octanol–water partition coefficient (Wildman–Crippen LogP) is 4.28. The first-order chi connectivity index (χ1) is 10.2. The maximum Gasteiger partial charge on any atom is 0.214 e. The summed E-state index contributed by atoms with van der Waals surface area (Å²) in [7, 11) is 0. The summed E-state index contributed by atoms with van der Waals surface area (Å²) in [6.45, 7) is 0. The Balaban J connectivity index is 1.92. The van der Waals surface area contributed by atoms with Crippen LogP contribution in [0.5, 0.6) is 0 Å². The van der Waals surface area contributed by atoms with Gasteiger partial charge in [-0.2, -0.15) is 4.98 Å². The highest BCUT2D eigenvalue weighted by molar-refractivity contribution is 6.33. The first-order valence-electron chi connectivity index (χ1n) is 6.09. The number of aromatic nitrogens is 2. The lowest BCUT2D eigenvalue weighted by atomic mass is 10.2. The van der Waals surface area contributed by atoms with Gasteiger partial charge in [-0.1, -0.05) is 35.0 Å². The fraction of sp³-hybridized carbons (Fsp3) is 0. The van der Waals surface area contributed by atoms with Crippen molar-refractivity contribution in [1.29, 1.82) is 0 Å². The summed E-state index contributed by atoms with van der Waals surface area (Å²) in [4.78, 5) is 8.20. The van der Waals surface area contributed by atoms with Gasteiger partial charge < -0.3 is 4.52 Å². The second kappa shape index (κ2) is 5.85. The van der Waals surface area contributed by atoms with Crippen LogP contribution >= 0.6 is 11.6 Å². The van der Waals surface area contributed by atoms with Crippen LogP contribution in [0.25, 0.3) is 11.4 Å². The number of halogens is 2. The number of rotatable bonds is 3. The Kier molecular flexibility index (Phi) is 3.75. The van der Waals surface area contributed by atoms with Crippen LogP contribution in [0.1, 0.15) is 5.56 Å². The molecule has 0 aliphatic rings. The van der Waals surface area contributed by atoms with Gasteiger partial charge in [-0.3, -0.25) is 4.99 Å². The van der Waals surface area contributed by atoms with E-state index in [-0.39, 0.29) is 5.56 Å². The van der Waals surface area contributed by atoms with Crippen LogP contribution in [0.3, 0.4) is 0 Å². The minimum atomic E-state index is -0.416. The Hall–Kier alpha value is -2.53. The highest BCUT2D eigenvalue weighted by atomic mass is 35.5. The molecule has 1 heterocycles. The molecule has 2 aromatic carbocycles. The van der Waals surface area contributed by atoms with Gasteiger partial charge in [0.2, 0.25) is 12.2 Å². The summed E-state index contributed by atoms with van der Waals surface area (Å²) in [5.41, 5.74) is 1.65. The summed E-state index contributed by atoms with van der Waals surface area (Å²) >= 11 is 5.94. The Morgan fingerprint density at radius 2 is 2.05 bits per heavy atom. The number of aliphatic imine (C=N–C) groups is 1. The molecule has 0 spiro atoms. The average molecular weight is 302 g/mol. The third-order valence-electron chi connectivity index (χ3n) is 2.81. The Bertz CT molecular complexity index is 767. The predicted molar refractivity (Wildman–Crippen MR) is 78.4 cm³/mol. The van der Waals surface area contributed by atoms with E-state index in [2.05, 4.69) is 15.1 Å². The highest BCUT2D eigenvalue weighted by Crippen LogP contribution is 2.22. The molecule has 0 atom stereocenters. The second-order valence-electron chi connectivity index (χ2n) is 4.20. The minimum absolute atomic E-state index is 0.254. The van der Waals surface area contributed by atoms with Crippen molar-refractivity contribution >= 4 is 23.5 Å². The number of hydrogen-bond donors (Lipinski definition) is 0. The van der Waals surface area contributed by atoms with Crippen molar-refractivity contribution in [2.24, 2.45) is 4.99 Å². The molecule has 0 unspecified atom stereocenters. The average Bonchev–Trinajstić information content (AvgIpc) is 3.01. The summed E-state index contributed by atoms with van der Waals surface area (Å²) in [5.74, 6) is 0.0524. The Morgan fingerprint density at radius 1 is 1.19 bits per heavy atom. The summed E-state index contributed by atoms with van der Waals surface area (Å²) in [5, 5.41) is 4.07. The van der Waals surface area contributed by atoms with E-state index in [1.54, 1.807) is 30.3 Å². The molecule has 0 radical (unpaired) electrons. The zero-order valence-corrected chi connectivity index (χ0v) is 11.5. The zero-order chi connectivity index (χ0) is 14.7. The maximum absolute atomic E-state index is 13.6. The van der Waals surface area contributed by atoms with Crippen LogP contribution in [0.2, 0.25) is 5.02 Å². The van der Waals surface area contributed by atoms with E-state index >= 15 is 0 Å².